The monoisotopic (exact) mass is 248 g/mol. The lowest BCUT2D eigenvalue weighted by Gasteiger charge is -2.25. The van der Waals surface area contributed by atoms with Gasteiger partial charge in [-0.3, -0.25) is 4.79 Å². The first kappa shape index (κ1) is 12.9. The van der Waals surface area contributed by atoms with Crippen LogP contribution in [0.15, 0.2) is 18.2 Å². The van der Waals surface area contributed by atoms with Gasteiger partial charge in [-0.15, -0.1) is 0 Å². The summed E-state index contributed by atoms with van der Waals surface area (Å²) in [4.78, 5) is 12.1. The molecule has 3 N–H and O–H groups in total. The maximum atomic E-state index is 12.1. The molecule has 0 saturated carbocycles. The quantitative estimate of drug-likeness (QED) is 0.848. The third-order valence-electron chi connectivity index (χ3n) is 3.17. The van der Waals surface area contributed by atoms with Gasteiger partial charge in [0.05, 0.1) is 6.61 Å². The fourth-order valence-electron chi connectivity index (χ4n) is 2.13. The van der Waals surface area contributed by atoms with Crippen LogP contribution in [-0.2, 0) is 6.42 Å². The largest absolute Gasteiger partial charge is 0.493 e. The molecular weight excluding hydrogens is 228 g/mol. The van der Waals surface area contributed by atoms with Crippen LogP contribution in [-0.4, -0.2) is 24.6 Å². The number of carbonyl (C=O) groups excluding carboxylic acids is 1. The summed E-state index contributed by atoms with van der Waals surface area (Å²) in [5.41, 5.74) is 7.05. The van der Waals surface area contributed by atoms with Gasteiger partial charge in [-0.25, -0.2) is 0 Å². The highest BCUT2D eigenvalue weighted by Gasteiger charge is 2.21. The van der Waals surface area contributed by atoms with Gasteiger partial charge in [-0.1, -0.05) is 0 Å². The molecule has 0 unspecified atom stereocenters. The molecule has 18 heavy (non-hydrogen) atoms. The lowest BCUT2D eigenvalue weighted by Crippen LogP contribution is -2.44. The predicted octanol–water partition coefficient (Wildman–Crippen LogP) is 1.48. The van der Waals surface area contributed by atoms with E-state index in [1.165, 1.54) is 0 Å². The summed E-state index contributed by atoms with van der Waals surface area (Å²) in [6.45, 7) is 5.23. The molecule has 1 heterocycles. The summed E-state index contributed by atoms with van der Waals surface area (Å²) in [5.74, 6) is 0.843. The van der Waals surface area contributed by atoms with Gasteiger partial charge in [0.1, 0.15) is 5.75 Å². The minimum atomic E-state index is -0.276. The van der Waals surface area contributed by atoms with Crippen molar-refractivity contribution >= 4 is 5.91 Å². The highest BCUT2D eigenvalue weighted by Crippen LogP contribution is 2.26. The summed E-state index contributed by atoms with van der Waals surface area (Å²) in [6.07, 6.45) is 1.63. The van der Waals surface area contributed by atoms with Crippen LogP contribution < -0.4 is 15.8 Å². The number of ether oxygens (including phenoxy) is 1. The van der Waals surface area contributed by atoms with E-state index in [9.17, 15) is 4.79 Å². The highest BCUT2D eigenvalue weighted by molar-refractivity contribution is 5.95. The first-order valence-corrected chi connectivity index (χ1v) is 6.30. The van der Waals surface area contributed by atoms with Crippen molar-refractivity contribution in [1.29, 1.82) is 0 Å². The van der Waals surface area contributed by atoms with Crippen LogP contribution in [0.25, 0.3) is 0 Å². The molecule has 1 aliphatic rings. The van der Waals surface area contributed by atoms with Crippen molar-refractivity contribution in [3.05, 3.63) is 29.3 Å². The fraction of sp³-hybridized carbons (Fsp3) is 0.500. The molecule has 4 heteroatoms. The predicted molar refractivity (Wildman–Crippen MR) is 70.9 cm³/mol. The molecule has 0 bridgehead atoms. The van der Waals surface area contributed by atoms with Gasteiger partial charge in [0.2, 0.25) is 0 Å². The van der Waals surface area contributed by atoms with E-state index in [-0.39, 0.29) is 11.4 Å². The van der Waals surface area contributed by atoms with Gasteiger partial charge in [0, 0.05) is 17.5 Å². The molecule has 0 aromatic heterocycles. The molecule has 1 amide bonds. The van der Waals surface area contributed by atoms with E-state index < -0.39 is 0 Å². The van der Waals surface area contributed by atoms with E-state index in [0.29, 0.717) is 18.7 Å². The zero-order valence-electron chi connectivity index (χ0n) is 11.0. The molecule has 0 fully saturated rings. The second kappa shape index (κ2) is 4.98. The summed E-state index contributed by atoms with van der Waals surface area (Å²) < 4.78 is 5.42. The number of nitrogens with one attached hydrogen (secondary N) is 1. The number of rotatable bonds is 4. The van der Waals surface area contributed by atoms with E-state index in [2.05, 4.69) is 5.32 Å². The number of carbonyl (C=O) groups is 1. The maximum absolute atomic E-state index is 12.1. The Bertz CT molecular complexity index is 455. The molecule has 2 rings (SSSR count). The van der Waals surface area contributed by atoms with Crippen molar-refractivity contribution in [2.75, 3.05) is 13.2 Å². The Balaban J connectivity index is 2.10. The Morgan fingerprint density at radius 1 is 1.50 bits per heavy atom. The first-order chi connectivity index (χ1) is 8.52. The van der Waals surface area contributed by atoms with E-state index in [1.54, 1.807) is 6.07 Å². The second-order valence-electron chi connectivity index (χ2n) is 5.30. The van der Waals surface area contributed by atoms with Gasteiger partial charge < -0.3 is 15.8 Å². The molecule has 1 aromatic carbocycles. The van der Waals surface area contributed by atoms with Crippen molar-refractivity contribution in [3.63, 3.8) is 0 Å². The average molecular weight is 248 g/mol. The summed E-state index contributed by atoms with van der Waals surface area (Å²) in [6, 6.07) is 5.58. The Morgan fingerprint density at radius 3 is 3.00 bits per heavy atom. The van der Waals surface area contributed by atoms with Gasteiger partial charge in [-0.2, -0.15) is 0 Å². The van der Waals surface area contributed by atoms with Crippen LogP contribution in [0.5, 0.6) is 5.75 Å². The molecule has 0 aliphatic carbocycles. The average Bonchev–Trinajstić information content (AvgIpc) is 2.74. The molecular formula is C14H20N2O2. The van der Waals surface area contributed by atoms with Crippen LogP contribution in [0.2, 0.25) is 0 Å². The lowest BCUT2D eigenvalue weighted by molar-refractivity contribution is 0.0910. The lowest BCUT2D eigenvalue weighted by atomic mass is 9.99. The number of hydrogen-bond acceptors (Lipinski definition) is 3. The third kappa shape index (κ3) is 2.82. The van der Waals surface area contributed by atoms with Crippen LogP contribution in [0.3, 0.4) is 0 Å². The van der Waals surface area contributed by atoms with Gasteiger partial charge in [0.15, 0.2) is 0 Å². The van der Waals surface area contributed by atoms with E-state index in [4.69, 9.17) is 10.5 Å². The standard InChI is InChI=1S/C14H20N2O2/c1-14(2,6-7-15)16-13(17)11-3-4-12-10(9-11)5-8-18-12/h3-4,9H,5-8,15H2,1-2H3,(H,16,17). The van der Waals surface area contributed by atoms with Crippen LogP contribution in [0.1, 0.15) is 36.2 Å². The molecule has 4 nitrogen and oxygen atoms in total. The normalized spacial score (nSPS) is 13.9. The van der Waals surface area contributed by atoms with E-state index in [1.807, 2.05) is 26.0 Å². The topological polar surface area (TPSA) is 64.3 Å². The molecule has 0 radical (unpaired) electrons. The number of benzene rings is 1. The van der Waals surface area contributed by atoms with Gasteiger partial charge in [0.25, 0.3) is 5.91 Å². The minimum absolute atomic E-state index is 0.0526. The van der Waals surface area contributed by atoms with Crippen LogP contribution in [0.4, 0.5) is 0 Å². The highest BCUT2D eigenvalue weighted by atomic mass is 16.5. The second-order valence-corrected chi connectivity index (χ2v) is 5.30. The molecule has 0 saturated heterocycles. The molecule has 98 valence electrons. The summed E-state index contributed by atoms with van der Waals surface area (Å²) in [5, 5.41) is 3.00. The van der Waals surface area contributed by atoms with Gasteiger partial charge in [-0.05, 0) is 50.6 Å². The van der Waals surface area contributed by atoms with Crippen molar-refractivity contribution < 1.29 is 9.53 Å². The smallest absolute Gasteiger partial charge is 0.251 e. The zero-order chi connectivity index (χ0) is 13.2. The van der Waals surface area contributed by atoms with E-state index >= 15 is 0 Å². The molecule has 0 spiro atoms. The Hall–Kier alpha value is -1.55. The Labute approximate surface area is 108 Å². The van der Waals surface area contributed by atoms with Crippen molar-refractivity contribution in [1.82, 2.24) is 5.32 Å². The molecule has 1 aliphatic heterocycles. The Kier molecular flexibility index (Phi) is 3.57. The summed E-state index contributed by atoms with van der Waals surface area (Å²) in [7, 11) is 0. The van der Waals surface area contributed by atoms with Crippen molar-refractivity contribution in [3.8, 4) is 5.75 Å². The van der Waals surface area contributed by atoms with Crippen molar-refractivity contribution in [2.24, 2.45) is 5.73 Å². The molecule has 0 atom stereocenters. The number of nitrogens with two attached hydrogens (primary N) is 1. The third-order valence-corrected chi connectivity index (χ3v) is 3.17. The fourth-order valence-corrected chi connectivity index (χ4v) is 2.13. The first-order valence-electron chi connectivity index (χ1n) is 6.30. The van der Waals surface area contributed by atoms with Crippen molar-refractivity contribution in [2.45, 2.75) is 32.2 Å². The number of amides is 1. The Morgan fingerprint density at radius 2 is 2.28 bits per heavy atom. The van der Waals surface area contributed by atoms with E-state index in [0.717, 1.165) is 24.2 Å². The summed E-state index contributed by atoms with van der Waals surface area (Å²) >= 11 is 0. The van der Waals surface area contributed by atoms with Crippen LogP contribution in [0, 0.1) is 0 Å². The minimum Gasteiger partial charge on any atom is -0.493 e. The molecule has 1 aromatic rings. The number of hydrogen-bond donors (Lipinski definition) is 2. The van der Waals surface area contributed by atoms with Gasteiger partial charge >= 0.3 is 0 Å². The SMILES string of the molecule is CC(C)(CCN)NC(=O)c1ccc2c(c1)CCO2. The maximum Gasteiger partial charge on any atom is 0.251 e. The number of fused-ring (bicyclic) bond motifs is 1. The van der Waals surface area contributed by atoms with Crippen LogP contribution >= 0.6 is 0 Å². The zero-order valence-corrected chi connectivity index (χ0v) is 11.0.